The molecule has 0 spiro atoms. The number of nitrogens with one attached hydrogen (secondary N) is 1. The number of rotatable bonds is 2. The lowest BCUT2D eigenvalue weighted by Gasteiger charge is -2.01. The Balaban J connectivity index is 1.51. The van der Waals surface area contributed by atoms with Crippen LogP contribution in [0.5, 0.6) is 0 Å². The molecule has 1 N–H and O–H groups in total. The van der Waals surface area contributed by atoms with Crippen LogP contribution in [0.4, 0.5) is 5.13 Å². The Morgan fingerprint density at radius 2 is 1.96 bits per heavy atom. The Labute approximate surface area is 148 Å². The minimum absolute atomic E-state index is 0.142. The first kappa shape index (κ1) is 14.0. The lowest BCUT2D eigenvalue weighted by atomic mass is 10.1. The molecule has 0 aliphatic heterocycles. The van der Waals surface area contributed by atoms with E-state index in [1.165, 1.54) is 16.0 Å². The average Bonchev–Trinajstić information content (AvgIpc) is 3.31. The zero-order valence-electron chi connectivity index (χ0n) is 12.1. The molecule has 0 unspecified atom stereocenters. The molecule has 0 aliphatic rings. The van der Waals surface area contributed by atoms with E-state index in [-0.39, 0.29) is 5.91 Å². The van der Waals surface area contributed by atoms with E-state index in [0.717, 1.165) is 25.8 Å². The highest BCUT2D eigenvalue weighted by molar-refractivity contribution is 7.24. The number of thiazole rings is 2. The van der Waals surface area contributed by atoms with Gasteiger partial charge in [0, 0.05) is 10.3 Å². The number of carbonyl (C=O) groups excluding carboxylic acids is 1. The highest BCUT2D eigenvalue weighted by Gasteiger charge is 2.13. The highest BCUT2D eigenvalue weighted by Crippen LogP contribution is 2.33. The predicted octanol–water partition coefficient (Wildman–Crippen LogP) is 5.37. The maximum atomic E-state index is 12.5. The Hall–Kier alpha value is -2.35. The van der Waals surface area contributed by atoms with E-state index < -0.39 is 0 Å². The Kier molecular flexibility index (Phi) is 3.12. The SMILES string of the molecule is O=C(Nc1nc2ccc3scnc3c2s1)c1ccc2sccc2c1. The molecule has 0 bridgehead atoms. The molecule has 3 heterocycles. The summed E-state index contributed by atoms with van der Waals surface area (Å²) in [5.74, 6) is -0.142. The highest BCUT2D eigenvalue weighted by atomic mass is 32.1. The van der Waals surface area contributed by atoms with Gasteiger partial charge in [0.05, 0.1) is 20.4 Å². The first-order valence-corrected chi connectivity index (χ1v) is 9.77. The minimum Gasteiger partial charge on any atom is -0.298 e. The third-order valence-electron chi connectivity index (χ3n) is 3.79. The molecule has 3 aromatic heterocycles. The smallest absolute Gasteiger partial charge is 0.257 e. The summed E-state index contributed by atoms with van der Waals surface area (Å²) in [6, 6.07) is 11.7. The molecule has 24 heavy (non-hydrogen) atoms. The number of hydrogen-bond acceptors (Lipinski definition) is 6. The number of carbonyl (C=O) groups is 1. The summed E-state index contributed by atoms with van der Waals surface area (Å²) in [5.41, 5.74) is 4.29. The molecule has 4 nitrogen and oxygen atoms in total. The van der Waals surface area contributed by atoms with Gasteiger partial charge in [-0.3, -0.25) is 10.1 Å². The Morgan fingerprint density at radius 3 is 2.92 bits per heavy atom. The van der Waals surface area contributed by atoms with E-state index in [0.29, 0.717) is 10.7 Å². The number of nitrogens with zero attached hydrogens (tertiary/aromatic N) is 2. The number of benzene rings is 2. The normalized spacial score (nSPS) is 11.5. The standard InChI is InChI=1S/C17H9N3OS3/c21-16(10-1-3-12-9(7-10)5-6-22-12)20-17-19-11-2-4-13-14(15(11)24-17)18-8-23-13/h1-8H,(H,19,20,21). The molecule has 0 saturated carbocycles. The van der Waals surface area contributed by atoms with Gasteiger partial charge in [0.1, 0.15) is 5.52 Å². The van der Waals surface area contributed by atoms with Crippen molar-refractivity contribution in [3.05, 3.63) is 52.9 Å². The third kappa shape index (κ3) is 2.21. The number of aromatic nitrogens is 2. The second-order valence-electron chi connectivity index (χ2n) is 5.26. The van der Waals surface area contributed by atoms with Crippen LogP contribution in [0.15, 0.2) is 47.3 Å². The van der Waals surface area contributed by atoms with Crippen LogP contribution in [0.2, 0.25) is 0 Å². The molecule has 5 rings (SSSR count). The fourth-order valence-corrected chi connectivity index (χ4v) is 5.12. The summed E-state index contributed by atoms with van der Waals surface area (Å²) in [4.78, 5) is 21.4. The maximum absolute atomic E-state index is 12.5. The van der Waals surface area contributed by atoms with Gasteiger partial charge in [0.25, 0.3) is 5.91 Å². The number of amides is 1. The molecule has 7 heteroatoms. The van der Waals surface area contributed by atoms with Crippen LogP contribution >= 0.6 is 34.0 Å². The molecule has 0 aliphatic carbocycles. The molecule has 1 amide bonds. The van der Waals surface area contributed by atoms with Crippen molar-refractivity contribution in [3.63, 3.8) is 0 Å². The van der Waals surface area contributed by atoms with Crippen molar-refractivity contribution in [2.45, 2.75) is 0 Å². The van der Waals surface area contributed by atoms with E-state index in [9.17, 15) is 4.79 Å². The molecular formula is C17H9N3OS3. The number of anilines is 1. The van der Waals surface area contributed by atoms with Gasteiger partial charge in [-0.05, 0) is 47.2 Å². The summed E-state index contributed by atoms with van der Waals surface area (Å²) in [7, 11) is 0. The van der Waals surface area contributed by atoms with Crippen molar-refractivity contribution >= 4 is 75.6 Å². The van der Waals surface area contributed by atoms with Crippen LogP contribution in [0.1, 0.15) is 10.4 Å². The molecule has 0 fully saturated rings. The Bertz CT molecular complexity index is 1220. The van der Waals surface area contributed by atoms with Gasteiger partial charge in [-0.25, -0.2) is 9.97 Å². The van der Waals surface area contributed by atoms with Crippen molar-refractivity contribution in [1.29, 1.82) is 0 Å². The summed E-state index contributed by atoms with van der Waals surface area (Å²) < 4.78 is 3.32. The zero-order valence-corrected chi connectivity index (χ0v) is 14.6. The molecule has 0 atom stereocenters. The second-order valence-corrected chi connectivity index (χ2v) is 8.09. The van der Waals surface area contributed by atoms with Gasteiger partial charge in [0.2, 0.25) is 0 Å². The number of hydrogen-bond donors (Lipinski definition) is 1. The second kappa shape index (κ2) is 5.34. The van der Waals surface area contributed by atoms with E-state index in [2.05, 4.69) is 15.3 Å². The van der Waals surface area contributed by atoms with E-state index in [1.54, 1.807) is 22.7 Å². The minimum atomic E-state index is -0.142. The Morgan fingerprint density at radius 1 is 1.04 bits per heavy atom. The van der Waals surface area contributed by atoms with E-state index in [1.807, 2.05) is 47.3 Å². The zero-order chi connectivity index (χ0) is 16.1. The van der Waals surface area contributed by atoms with E-state index >= 15 is 0 Å². The predicted molar refractivity (Wildman–Crippen MR) is 103 cm³/mol. The molecule has 5 aromatic rings. The van der Waals surface area contributed by atoms with Crippen LogP contribution in [0.3, 0.4) is 0 Å². The van der Waals surface area contributed by atoms with Crippen molar-refractivity contribution < 1.29 is 4.79 Å². The molecule has 2 aromatic carbocycles. The van der Waals surface area contributed by atoms with Gasteiger partial charge in [-0.2, -0.15) is 0 Å². The van der Waals surface area contributed by atoms with Crippen molar-refractivity contribution in [3.8, 4) is 0 Å². The maximum Gasteiger partial charge on any atom is 0.257 e. The molecule has 0 radical (unpaired) electrons. The van der Waals surface area contributed by atoms with Crippen LogP contribution < -0.4 is 5.32 Å². The van der Waals surface area contributed by atoms with Gasteiger partial charge < -0.3 is 0 Å². The first-order valence-electron chi connectivity index (χ1n) is 7.19. The first-order chi connectivity index (χ1) is 11.8. The van der Waals surface area contributed by atoms with Crippen molar-refractivity contribution in [2.75, 3.05) is 5.32 Å². The van der Waals surface area contributed by atoms with Gasteiger partial charge in [-0.15, -0.1) is 22.7 Å². The monoisotopic (exact) mass is 367 g/mol. The fraction of sp³-hybridized carbons (Fsp3) is 0. The van der Waals surface area contributed by atoms with E-state index in [4.69, 9.17) is 0 Å². The topological polar surface area (TPSA) is 54.9 Å². The molecular weight excluding hydrogens is 358 g/mol. The van der Waals surface area contributed by atoms with Crippen molar-refractivity contribution in [2.24, 2.45) is 0 Å². The molecule has 0 saturated heterocycles. The third-order valence-corrected chi connectivity index (χ3v) is 6.48. The quantitative estimate of drug-likeness (QED) is 0.456. The van der Waals surface area contributed by atoms with Gasteiger partial charge in [0.15, 0.2) is 5.13 Å². The summed E-state index contributed by atoms with van der Waals surface area (Å²) in [6.07, 6.45) is 0. The summed E-state index contributed by atoms with van der Waals surface area (Å²) in [5, 5.41) is 6.62. The van der Waals surface area contributed by atoms with Crippen molar-refractivity contribution in [1.82, 2.24) is 9.97 Å². The van der Waals surface area contributed by atoms with Gasteiger partial charge >= 0.3 is 0 Å². The lowest BCUT2D eigenvalue weighted by Crippen LogP contribution is -2.11. The van der Waals surface area contributed by atoms with Crippen LogP contribution in [0.25, 0.3) is 30.5 Å². The number of thiophene rings is 1. The summed E-state index contributed by atoms with van der Waals surface area (Å²) in [6.45, 7) is 0. The summed E-state index contributed by atoms with van der Waals surface area (Å²) >= 11 is 4.74. The van der Waals surface area contributed by atoms with Crippen LogP contribution in [-0.4, -0.2) is 15.9 Å². The van der Waals surface area contributed by atoms with Crippen LogP contribution in [0, 0.1) is 0 Å². The largest absolute Gasteiger partial charge is 0.298 e. The van der Waals surface area contributed by atoms with Crippen LogP contribution in [-0.2, 0) is 0 Å². The fourth-order valence-electron chi connectivity index (χ4n) is 2.64. The molecule has 116 valence electrons. The lowest BCUT2D eigenvalue weighted by molar-refractivity contribution is 0.102. The average molecular weight is 367 g/mol. The van der Waals surface area contributed by atoms with Gasteiger partial charge in [-0.1, -0.05) is 11.3 Å². The number of fused-ring (bicyclic) bond motifs is 4.